The predicted octanol–water partition coefficient (Wildman–Crippen LogP) is 4.23. The second kappa shape index (κ2) is 9.15. The summed E-state index contributed by atoms with van der Waals surface area (Å²) in [7, 11) is 0. The highest BCUT2D eigenvalue weighted by Crippen LogP contribution is 2.22. The van der Waals surface area contributed by atoms with Crippen LogP contribution in [0.1, 0.15) is 43.1 Å². The number of hydrogen-bond acceptors (Lipinski definition) is 3. The lowest BCUT2D eigenvalue weighted by Crippen LogP contribution is -2.27. The number of aromatic nitrogens is 1. The highest BCUT2D eigenvalue weighted by Gasteiger charge is 2.14. The predicted molar refractivity (Wildman–Crippen MR) is 115 cm³/mol. The minimum atomic E-state index is -0.293. The summed E-state index contributed by atoms with van der Waals surface area (Å²) >= 11 is 0. The molecule has 1 aromatic heterocycles. The van der Waals surface area contributed by atoms with Crippen LogP contribution in [0, 0.1) is 20.8 Å². The Morgan fingerprint density at radius 3 is 2.28 bits per heavy atom. The summed E-state index contributed by atoms with van der Waals surface area (Å²) < 4.78 is 0. The summed E-state index contributed by atoms with van der Waals surface area (Å²) in [6.45, 7) is 6.46. The van der Waals surface area contributed by atoms with Crippen LogP contribution in [0.2, 0.25) is 0 Å². The molecule has 5 heteroatoms. The van der Waals surface area contributed by atoms with Gasteiger partial charge in [0.1, 0.15) is 5.69 Å². The summed E-state index contributed by atoms with van der Waals surface area (Å²) in [5.41, 5.74) is 5.73. The smallest absolute Gasteiger partial charge is 0.269 e. The number of nitrogens with one attached hydrogen (secondary N) is 2. The van der Waals surface area contributed by atoms with Gasteiger partial charge in [0.2, 0.25) is 0 Å². The monoisotopic (exact) mass is 387 g/mol. The minimum Gasteiger partial charge on any atom is -0.350 e. The maximum Gasteiger partial charge on any atom is 0.269 e. The first kappa shape index (κ1) is 20.3. The average Bonchev–Trinajstić information content (AvgIpc) is 2.71. The molecule has 29 heavy (non-hydrogen) atoms. The van der Waals surface area contributed by atoms with Crippen molar-refractivity contribution in [2.45, 2.75) is 27.2 Å². The van der Waals surface area contributed by atoms with Gasteiger partial charge in [0.15, 0.2) is 0 Å². The molecule has 5 nitrogen and oxygen atoms in total. The van der Waals surface area contributed by atoms with Crippen LogP contribution >= 0.6 is 0 Å². The lowest BCUT2D eigenvalue weighted by atomic mass is 10.0. The van der Waals surface area contributed by atoms with E-state index in [1.807, 2.05) is 63.2 Å². The largest absolute Gasteiger partial charge is 0.350 e. The Balaban J connectivity index is 1.65. The highest BCUT2D eigenvalue weighted by molar-refractivity contribution is 6.06. The third-order valence-corrected chi connectivity index (χ3v) is 4.71. The molecule has 2 aromatic carbocycles. The van der Waals surface area contributed by atoms with Crippen LogP contribution in [0.4, 0.5) is 5.69 Å². The fourth-order valence-corrected chi connectivity index (χ4v) is 3.31. The van der Waals surface area contributed by atoms with Crippen molar-refractivity contribution in [3.63, 3.8) is 0 Å². The second-order valence-electron chi connectivity index (χ2n) is 7.15. The van der Waals surface area contributed by atoms with Crippen molar-refractivity contribution in [2.75, 3.05) is 11.9 Å². The van der Waals surface area contributed by atoms with E-state index in [-0.39, 0.29) is 17.5 Å². The first-order chi connectivity index (χ1) is 13.9. The molecule has 1 heterocycles. The molecule has 0 spiro atoms. The number of carbonyl (C=O) groups is 2. The van der Waals surface area contributed by atoms with E-state index < -0.39 is 0 Å². The molecule has 148 valence electrons. The van der Waals surface area contributed by atoms with E-state index in [2.05, 4.69) is 15.6 Å². The zero-order chi connectivity index (χ0) is 20.8. The van der Waals surface area contributed by atoms with E-state index in [4.69, 9.17) is 0 Å². The van der Waals surface area contributed by atoms with Crippen molar-refractivity contribution in [3.05, 3.63) is 94.3 Å². The fourth-order valence-electron chi connectivity index (χ4n) is 3.31. The molecule has 0 saturated heterocycles. The van der Waals surface area contributed by atoms with Crippen molar-refractivity contribution in [1.82, 2.24) is 10.3 Å². The first-order valence-electron chi connectivity index (χ1n) is 9.61. The Kier molecular flexibility index (Phi) is 6.39. The van der Waals surface area contributed by atoms with Gasteiger partial charge in [-0.25, -0.2) is 0 Å². The summed E-state index contributed by atoms with van der Waals surface area (Å²) in [5, 5.41) is 5.81. The fraction of sp³-hybridized carbons (Fsp3) is 0.208. The number of pyridine rings is 1. The summed E-state index contributed by atoms with van der Waals surface area (Å²) in [4.78, 5) is 29.2. The van der Waals surface area contributed by atoms with Gasteiger partial charge in [0.05, 0.1) is 0 Å². The molecule has 0 radical (unpaired) electrons. The molecular formula is C24H25N3O2. The van der Waals surface area contributed by atoms with Crippen molar-refractivity contribution < 1.29 is 9.59 Å². The van der Waals surface area contributed by atoms with Gasteiger partial charge in [0.25, 0.3) is 11.8 Å². The van der Waals surface area contributed by atoms with E-state index in [9.17, 15) is 9.59 Å². The maximum absolute atomic E-state index is 12.7. The molecular weight excluding hydrogens is 362 g/mol. The van der Waals surface area contributed by atoms with E-state index in [1.54, 1.807) is 6.07 Å². The molecule has 0 saturated carbocycles. The van der Waals surface area contributed by atoms with Gasteiger partial charge in [-0.1, -0.05) is 48.0 Å². The Bertz CT molecular complexity index is 1010. The Labute approximate surface area is 171 Å². The number of anilines is 1. The van der Waals surface area contributed by atoms with Gasteiger partial charge in [-0.2, -0.15) is 0 Å². The Morgan fingerprint density at radius 1 is 0.897 bits per heavy atom. The van der Waals surface area contributed by atoms with E-state index in [1.165, 1.54) is 12.3 Å². The van der Waals surface area contributed by atoms with Crippen LogP contribution < -0.4 is 10.6 Å². The van der Waals surface area contributed by atoms with Crippen LogP contribution in [-0.2, 0) is 6.42 Å². The molecule has 3 rings (SSSR count). The summed E-state index contributed by atoms with van der Waals surface area (Å²) in [5.74, 6) is -0.556. The van der Waals surface area contributed by atoms with Gasteiger partial charge < -0.3 is 10.6 Å². The van der Waals surface area contributed by atoms with Crippen molar-refractivity contribution >= 4 is 17.5 Å². The highest BCUT2D eigenvalue weighted by atomic mass is 16.2. The van der Waals surface area contributed by atoms with Gasteiger partial charge in [-0.05, 0) is 56.0 Å². The first-order valence-corrected chi connectivity index (χ1v) is 9.61. The van der Waals surface area contributed by atoms with Gasteiger partial charge in [-0.15, -0.1) is 0 Å². The maximum atomic E-state index is 12.7. The van der Waals surface area contributed by atoms with Crippen LogP contribution in [0.25, 0.3) is 0 Å². The zero-order valence-corrected chi connectivity index (χ0v) is 17.0. The Morgan fingerprint density at radius 2 is 1.59 bits per heavy atom. The topological polar surface area (TPSA) is 71.1 Å². The van der Waals surface area contributed by atoms with Crippen LogP contribution in [-0.4, -0.2) is 23.3 Å². The van der Waals surface area contributed by atoms with Crippen LogP contribution in [0.5, 0.6) is 0 Å². The number of nitrogens with zero attached hydrogens (tertiary/aromatic N) is 1. The summed E-state index contributed by atoms with van der Waals surface area (Å²) in [6, 6.07) is 17.1. The quantitative estimate of drug-likeness (QED) is 0.665. The van der Waals surface area contributed by atoms with Crippen LogP contribution in [0.3, 0.4) is 0 Å². The lowest BCUT2D eigenvalue weighted by Gasteiger charge is -2.13. The van der Waals surface area contributed by atoms with Crippen molar-refractivity contribution in [3.8, 4) is 0 Å². The lowest BCUT2D eigenvalue weighted by molar-refractivity contribution is 0.0949. The average molecular weight is 387 g/mol. The summed E-state index contributed by atoms with van der Waals surface area (Å²) in [6.07, 6.45) is 2.22. The second-order valence-corrected chi connectivity index (χ2v) is 7.15. The van der Waals surface area contributed by atoms with Gasteiger partial charge in [0, 0.05) is 24.0 Å². The standard InChI is InChI=1S/C24H25N3O2/c1-16-13-17(2)22(18(3)14-16)27-23(28)20-10-12-25-21(15-20)24(29)26-11-9-19-7-5-4-6-8-19/h4-8,10,12-15H,9,11H2,1-3H3,(H,26,29)(H,27,28). The van der Waals surface area contributed by atoms with E-state index >= 15 is 0 Å². The van der Waals surface area contributed by atoms with E-state index in [0.29, 0.717) is 12.1 Å². The Hall–Kier alpha value is -3.47. The van der Waals surface area contributed by atoms with Crippen LogP contribution in [0.15, 0.2) is 60.8 Å². The molecule has 2 amide bonds. The molecule has 0 unspecified atom stereocenters. The van der Waals surface area contributed by atoms with Gasteiger partial charge >= 0.3 is 0 Å². The molecule has 0 fully saturated rings. The molecule has 0 atom stereocenters. The molecule has 3 aromatic rings. The number of hydrogen-bond donors (Lipinski definition) is 2. The third-order valence-electron chi connectivity index (χ3n) is 4.71. The number of aryl methyl sites for hydroxylation is 3. The number of carbonyl (C=O) groups excluding carboxylic acids is 2. The molecule has 0 bridgehead atoms. The number of rotatable bonds is 6. The van der Waals surface area contributed by atoms with Crippen molar-refractivity contribution in [1.29, 1.82) is 0 Å². The molecule has 0 aliphatic carbocycles. The third kappa shape index (κ3) is 5.29. The normalized spacial score (nSPS) is 10.4. The molecule has 0 aliphatic heterocycles. The zero-order valence-electron chi connectivity index (χ0n) is 17.0. The molecule has 2 N–H and O–H groups in total. The number of benzene rings is 2. The van der Waals surface area contributed by atoms with Gasteiger partial charge in [-0.3, -0.25) is 14.6 Å². The van der Waals surface area contributed by atoms with E-state index in [0.717, 1.165) is 34.4 Å². The minimum absolute atomic E-state index is 0.225. The molecule has 0 aliphatic rings. The number of amides is 2. The SMILES string of the molecule is Cc1cc(C)c(NC(=O)c2ccnc(C(=O)NCCc3ccccc3)c2)c(C)c1. The van der Waals surface area contributed by atoms with Crippen molar-refractivity contribution in [2.24, 2.45) is 0 Å².